The highest BCUT2D eigenvalue weighted by Crippen LogP contribution is 2.20. The lowest BCUT2D eigenvalue weighted by atomic mass is 10.1. The maximum atomic E-state index is 13.6. The van der Waals surface area contributed by atoms with Crippen molar-refractivity contribution in [1.82, 2.24) is 20.0 Å². The first-order chi connectivity index (χ1) is 9.63. The van der Waals surface area contributed by atoms with Crippen LogP contribution in [-0.4, -0.2) is 20.0 Å². The number of alkyl halides is 1. The first-order valence-electron chi connectivity index (χ1n) is 6.21. The van der Waals surface area contributed by atoms with Gasteiger partial charge in [-0.15, -0.1) is 16.7 Å². The third kappa shape index (κ3) is 2.49. The zero-order valence-corrected chi connectivity index (χ0v) is 11.5. The van der Waals surface area contributed by atoms with Gasteiger partial charge in [0.2, 0.25) is 0 Å². The first-order valence-corrected chi connectivity index (χ1v) is 6.64. The van der Waals surface area contributed by atoms with Crippen molar-refractivity contribution in [3.05, 3.63) is 53.7 Å². The molecule has 0 aliphatic carbocycles. The minimum atomic E-state index is -0.286. The maximum absolute atomic E-state index is 13.6. The first kappa shape index (κ1) is 13.0. The topological polar surface area (TPSA) is 43.6 Å². The van der Waals surface area contributed by atoms with Gasteiger partial charge in [0.15, 0.2) is 0 Å². The fraction of sp³-hybridized carbons (Fsp3) is 0.214. The second-order valence-corrected chi connectivity index (χ2v) is 5.25. The smallest absolute Gasteiger partial charge is 0.124 e. The molecule has 0 N–H and O–H groups in total. The molecule has 4 nitrogen and oxygen atoms in total. The lowest BCUT2D eigenvalue weighted by Gasteiger charge is -2.06. The van der Waals surface area contributed by atoms with Gasteiger partial charge in [-0.05, 0) is 25.1 Å². The summed E-state index contributed by atoms with van der Waals surface area (Å²) in [4.78, 5) is 4.31. The van der Waals surface area contributed by atoms with Crippen molar-refractivity contribution >= 4 is 22.5 Å². The molecule has 2 aromatic heterocycles. The van der Waals surface area contributed by atoms with Gasteiger partial charge >= 0.3 is 0 Å². The van der Waals surface area contributed by atoms with Crippen LogP contribution in [0.2, 0.25) is 0 Å². The maximum Gasteiger partial charge on any atom is 0.124 e. The van der Waals surface area contributed by atoms with E-state index in [2.05, 4.69) is 15.3 Å². The molecule has 2 heterocycles. The molecule has 20 heavy (non-hydrogen) atoms. The number of benzene rings is 1. The molecule has 0 amide bonds. The summed E-state index contributed by atoms with van der Waals surface area (Å²) >= 11 is 5.95. The molecule has 0 aliphatic heterocycles. The summed E-state index contributed by atoms with van der Waals surface area (Å²) in [6.45, 7) is 2.23. The third-order valence-electron chi connectivity index (χ3n) is 3.04. The molecular weight excluding hydrogens is 279 g/mol. The fourth-order valence-corrected chi connectivity index (χ4v) is 2.20. The molecular formula is C14H12ClFN4. The van der Waals surface area contributed by atoms with Crippen LogP contribution in [0.3, 0.4) is 0 Å². The summed E-state index contributed by atoms with van der Waals surface area (Å²) in [5.41, 5.74) is 2.23. The van der Waals surface area contributed by atoms with E-state index in [0.29, 0.717) is 12.2 Å². The number of nitrogens with zero attached hydrogens (tertiary/aromatic N) is 4. The van der Waals surface area contributed by atoms with Gasteiger partial charge in [-0.2, -0.15) is 0 Å². The van der Waals surface area contributed by atoms with Crippen LogP contribution in [0.1, 0.15) is 23.6 Å². The van der Waals surface area contributed by atoms with E-state index >= 15 is 0 Å². The number of fused-ring (bicyclic) bond motifs is 1. The van der Waals surface area contributed by atoms with Crippen molar-refractivity contribution in [2.24, 2.45) is 0 Å². The fourth-order valence-electron chi connectivity index (χ4n) is 2.10. The van der Waals surface area contributed by atoms with Crippen molar-refractivity contribution in [1.29, 1.82) is 0 Å². The van der Waals surface area contributed by atoms with Gasteiger partial charge in [-0.3, -0.25) is 4.98 Å². The molecule has 0 aliphatic rings. The van der Waals surface area contributed by atoms with Crippen LogP contribution in [0.5, 0.6) is 0 Å². The zero-order chi connectivity index (χ0) is 14.1. The van der Waals surface area contributed by atoms with E-state index in [1.54, 1.807) is 23.1 Å². The quantitative estimate of drug-likeness (QED) is 0.695. The Hall–Kier alpha value is -2.01. The average Bonchev–Trinajstić information content (AvgIpc) is 2.87. The zero-order valence-electron chi connectivity index (χ0n) is 10.8. The molecule has 6 heteroatoms. The Morgan fingerprint density at radius 3 is 3.00 bits per heavy atom. The van der Waals surface area contributed by atoms with Gasteiger partial charge in [0.1, 0.15) is 11.5 Å². The number of hydrogen-bond donors (Lipinski definition) is 0. The van der Waals surface area contributed by atoms with Crippen LogP contribution in [0.15, 0.2) is 36.7 Å². The average molecular weight is 291 g/mol. The van der Waals surface area contributed by atoms with Crippen molar-refractivity contribution in [3.63, 3.8) is 0 Å². The number of halogens is 2. The summed E-state index contributed by atoms with van der Waals surface area (Å²) in [5.74, 6) is -0.286. The third-order valence-corrected chi connectivity index (χ3v) is 3.27. The molecule has 1 unspecified atom stereocenters. The van der Waals surface area contributed by atoms with Gasteiger partial charge in [-0.1, -0.05) is 11.3 Å². The molecule has 1 aromatic carbocycles. The van der Waals surface area contributed by atoms with Crippen molar-refractivity contribution in [2.45, 2.75) is 18.8 Å². The van der Waals surface area contributed by atoms with E-state index in [1.165, 1.54) is 12.1 Å². The highest BCUT2D eigenvalue weighted by atomic mass is 35.5. The Kier molecular flexibility index (Phi) is 3.36. The van der Waals surface area contributed by atoms with Crippen LogP contribution >= 0.6 is 11.6 Å². The molecule has 1 atom stereocenters. The molecule has 0 spiro atoms. The summed E-state index contributed by atoms with van der Waals surface area (Å²) in [6.07, 6.45) is 3.45. The van der Waals surface area contributed by atoms with E-state index in [0.717, 1.165) is 16.5 Å². The Bertz CT molecular complexity index is 754. The number of pyridine rings is 1. The predicted molar refractivity (Wildman–Crippen MR) is 75.1 cm³/mol. The standard InChI is InChI=1S/C14H12ClFN4/c1-9(15)13-8-20(19-18-13)7-11-6-12(16)5-10-3-2-4-17-14(10)11/h2-6,8-9H,7H2,1H3. The molecule has 0 bridgehead atoms. The van der Waals surface area contributed by atoms with Gasteiger partial charge in [0.05, 0.1) is 23.6 Å². The lowest BCUT2D eigenvalue weighted by Crippen LogP contribution is -2.02. The second-order valence-electron chi connectivity index (χ2n) is 4.60. The number of aromatic nitrogens is 4. The van der Waals surface area contributed by atoms with Gasteiger partial charge in [-0.25, -0.2) is 9.07 Å². The Balaban J connectivity index is 2.01. The second kappa shape index (κ2) is 5.17. The van der Waals surface area contributed by atoms with Crippen molar-refractivity contribution in [2.75, 3.05) is 0 Å². The highest BCUT2D eigenvalue weighted by molar-refractivity contribution is 6.20. The van der Waals surface area contributed by atoms with Gasteiger partial charge < -0.3 is 0 Å². The van der Waals surface area contributed by atoms with Crippen LogP contribution < -0.4 is 0 Å². The molecule has 0 radical (unpaired) electrons. The minimum absolute atomic E-state index is 0.203. The van der Waals surface area contributed by atoms with Crippen LogP contribution in [0.25, 0.3) is 10.9 Å². The molecule has 102 valence electrons. The van der Waals surface area contributed by atoms with Crippen LogP contribution in [0.4, 0.5) is 4.39 Å². The highest BCUT2D eigenvalue weighted by Gasteiger charge is 2.10. The predicted octanol–water partition coefficient (Wildman–Crippen LogP) is 3.31. The largest absolute Gasteiger partial charge is 0.256 e. The summed E-state index contributed by atoms with van der Waals surface area (Å²) in [7, 11) is 0. The monoisotopic (exact) mass is 290 g/mol. The SMILES string of the molecule is CC(Cl)c1cn(Cc2cc(F)cc3cccnc23)nn1. The van der Waals surface area contributed by atoms with Crippen molar-refractivity contribution in [3.8, 4) is 0 Å². The van der Waals surface area contributed by atoms with Gasteiger partial charge in [0, 0.05) is 17.1 Å². The van der Waals surface area contributed by atoms with Crippen LogP contribution in [-0.2, 0) is 6.54 Å². The van der Waals surface area contributed by atoms with Crippen molar-refractivity contribution < 1.29 is 4.39 Å². The summed E-state index contributed by atoms with van der Waals surface area (Å²) < 4.78 is 15.3. The van der Waals surface area contributed by atoms with E-state index < -0.39 is 0 Å². The normalized spacial score (nSPS) is 12.8. The number of hydrogen-bond acceptors (Lipinski definition) is 3. The Morgan fingerprint density at radius 2 is 2.25 bits per heavy atom. The molecule has 3 aromatic rings. The molecule has 0 fully saturated rings. The van der Waals surface area contributed by atoms with E-state index in [1.807, 2.05) is 13.0 Å². The van der Waals surface area contributed by atoms with E-state index in [-0.39, 0.29) is 11.2 Å². The van der Waals surface area contributed by atoms with Gasteiger partial charge in [0.25, 0.3) is 0 Å². The number of rotatable bonds is 3. The summed E-state index contributed by atoms with van der Waals surface area (Å²) in [6, 6.07) is 6.57. The van der Waals surface area contributed by atoms with E-state index in [4.69, 9.17) is 11.6 Å². The Morgan fingerprint density at radius 1 is 1.40 bits per heavy atom. The molecule has 3 rings (SSSR count). The lowest BCUT2D eigenvalue weighted by molar-refractivity contribution is 0.617. The van der Waals surface area contributed by atoms with E-state index in [9.17, 15) is 4.39 Å². The molecule has 0 saturated heterocycles. The minimum Gasteiger partial charge on any atom is -0.256 e. The summed E-state index contributed by atoms with van der Waals surface area (Å²) in [5, 5.41) is 8.55. The Labute approximate surface area is 120 Å². The van der Waals surface area contributed by atoms with Crippen LogP contribution in [0, 0.1) is 5.82 Å². The molecule has 0 saturated carbocycles.